The zero-order valence-corrected chi connectivity index (χ0v) is 15.2. The van der Waals surface area contributed by atoms with Gasteiger partial charge < -0.3 is 9.64 Å². The molecule has 0 bridgehead atoms. The predicted octanol–water partition coefficient (Wildman–Crippen LogP) is 3.06. The SMILES string of the molecule is COCCC(C)(C)C(=O)CC(=NC(C)CN(C)C)C(C)C. The summed E-state index contributed by atoms with van der Waals surface area (Å²) in [4.78, 5) is 19.4. The summed E-state index contributed by atoms with van der Waals surface area (Å²) in [6, 6.07) is 0.215. The molecule has 0 aromatic rings. The number of hydrogen-bond donors (Lipinski definition) is 0. The maximum absolute atomic E-state index is 12.5. The van der Waals surface area contributed by atoms with Gasteiger partial charge in [0.2, 0.25) is 0 Å². The molecule has 4 nitrogen and oxygen atoms in total. The van der Waals surface area contributed by atoms with Crippen molar-refractivity contribution in [3.05, 3.63) is 0 Å². The van der Waals surface area contributed by atoms with Crippen molar-refractivity contribution in [3.63, 3.8) is 0 Å². The maximum Gasteiger partial charge on any atom is 0.144 e. The molecular formula is C17H34N2O2. The van der Waals surface area contributed by atoms with E-state index < -0.39 is 0 Å². The summed E-state index contributed by atoms with van der Waals surface area (Å²) in [6.45, 7) is 11.8. The second-order valence-electron chi connectivity index (χ2n) is 7.11. The summed E-state index contributed by atoms with van der Waals surface area (Å²) < 4.78 is 5.10. The first-order valence-corrected chi connectivity index (χ1v) is 7.83. The Hall–Kier alpha value is -0.740. The normalized spacial score (nSPS) is 14.9. The summed E-state index contributed by atoms with van der Waals surface area (Å²) in [5.74, 6) is 0.556. The van der Waals surface area contributed by atoms with Crippen molar-refractivity contribution in [1.82, 2.24) is 4.90 Å². The van der Waals surface area contributed by atoms with Gasteiger partial charge in [0.1, 0.15) is 5.78 Å². The van der Waals surface area contributed by atoms with Crippen molar-refractivity contribution in [2.75, 3.05) is 34.4 Å². The first-order valence-electron chi connectivity index (χ1n) is 7.83. The van der Waals surface area contributed by atoms with E-state index in [2.05, 4.69) is 25.7 Å². The third-order valence-electron chi connectivity index (χ3n) is 3.71. The Kier molecular flexibility index (Phi) is 8.98. The van der Waals surface area contributed by atoms with Crippen LogP contribution in [0.1, 0.15) is 47.5 Å². The van der Waals surface area contributed by atoms with Crippen LogP contribution in [-0.2, 0) is 9.53 Å². The van der Waals surface area contributed by atoms with Crippen LogP contribution in [-0.4, -0.2) is 56.8 Å². The Morgan fingerprint density at radius 1 is 1.24 bits per heavy atom. The van der Waals surface area contributed by atoms with Gasteiger partial charge in [0, 0.05) is 37.8 Å². The van der Waals surface area contributed by atoms with E-state index in [0.717, 1.165) is 18.7 Å². The molecule has 4 heteroatoms. The Morgan fingerprint density at radius 2 is 1.81 bits per heavy atom. The number of ketones is 1. The molecule has 0 fully saturated rings. The zero-order chi connectivity index (χ0) is 16.6. The third kappa shape index (κ3) is 8.32. The topological polar surface area (TPSA) is 41.9 Å². The average molecular weight is 298 g/mol. The van der Waals surface area contributed by atoms with E-state index in [0.29, 0.717) is 18.9 Å². The summed E-state index contributed by atoms with van der Waals surface area (Å²) in [6.07, 6.45) is 1.20. The minimum absolute atomic E-state index is 0.215. The van der Waals surface area contributed by atoms with Gasteiger partial charge >= 0.3 is 0 Å². The van der Waals surface area contributed by atoms with Gasteiger partial charge in [0.15, 0.2) is 0 Å². The van der Waals surface area contributed by atoms with Crippen LogP contribution >= 0.6 is 0 Å². The van der Waals surface area contributed by atoms with Crippen molar-refractivity contribution in [3.8, 4) is 0 Å². The molecule has 0 heterocycles. The molecule has 0 aliphatic heterocycles. The molecule has 124 valence electrons. The van der Waals surface area contributed by atoms with E-state index in [9.17, 15) is 4.79 Å². The van der Waals surface area contributed by atoms with Crippen molar-refractivity contribution in [2.24, 2.45) is 16.3 Å². The van der Waals surface area contributed by atoms with Crippen LogP contribution in [0.15, 0.2) is 4.99 Å². The molecule has 0 N–H and O–H groups in total. The highest BCUT2D eigenvalue weighted by atomic mass is 16.5. The number of ether oxygens (including phenoxy) is 1. The van der Waals surface area contributed by atoms with E-state index in [-0.39, 0.29) is 17.2 Å². The van der Waals surface area contributed by atoms with Crippen molar-refractivity contribution >= 4 is 11.5 Å². The second-order valence-corrected chi connectivity index (χ2v) is 7.11. The lowest BCUT2D eigenvalue weighted by molar-refractivity contribution is -0.126. The second kappa shape index (κ2) is 9.31. The molecule has 0 saturated carbocycles. The number of carbonyl (C=O) groups excluding carboxylic acids is 1. The highest BCUT2D eigenvalue weighted by Crippen LogP contribution is 2.24. The molecule has 0 radical (unpaired) electrons. The fourth-order valence-corrected chi connectivity index (χ4v) is 2.15. The number of rotatable bonds is 10. The molecular weight excluding hydrogens is 264 g/mol. The number of methoxy groups -OCH3 is 1. The predicted molar refractivity (Wildman–Crippen MR) is 90.2 cm³/mol. The van der Waals surface area contributed by atoms with Gasteiger partial charge in [0.25, 0.3) is 0 Å². The van der Waals surface area contributed by atoms with Crippen LogP contribution < -0.4 is 0 Å². The molecule has 1 unspecified atom stereocenters. The van der Waals surface area contributed by atoms with Crippen LogP contribution in [0, 0.1) is 11.3 Å². The molecule has 0 saturated heterocycles. The Bertz CT molecular complexity index is 347. The number of likely N-dealkylation sites (N-methyl/N-ethyl adjacent to an activating group) is 1. The van der Waals surface area contributed by atoms with Gasteiger partial charge in [-0.1, -0.05) is 27.7 Å². The fraction of sp³-hybridized carbons (Fsp3) is 0.882. The lowest BCUT2D eigenvalue weighted by Gasteiger charge is -2.24. The summed E-state index contributed by atoms with van der Waals surface area (Å²) >= 11 is 0. The first-order chi connectivity index (χ1) is 9.60. The highest BCUT2D eigenvalue weighted by Gasteiger charge is 2.28. The number of carbonyl (C=O) groups is 1. The standard InChI is InChI=1S/C17H34N2O2/c1-13(2)15(18-14(3)12-19(6)7)11-16(20)17(4,5)9-10-21-8/h13-14H,9-12H2,1-8H3. The largest absolute Gasteiger partial charge is 0.385 e. The van der Waals surface area contributed by atoms with E-state index in [1.165, 1.54) is 0 Å². The molecule has 0 amide bonds. The quantitative estimate of drug-likeness (QED) is 0.582. The molecule has 21 heavy (non-hydrogen) atoms. The minimum Gasteiger partial charge on any atom is -0.385 e. The van der Waals surface area contributed by atoms with Crippen LogP contribution in [0.2, 0.25) is 0 Å². The highest BCUT2D eigenvalue weighted by molar-refractivity contribution is 6.04. The molecule has 0 aliphatic carbocycles. The summed E-state index contributed by atoms with van der Waals surface area (Å²) in [7, 11) is 5.75. The van der Waals surface area contributed by atoms with E-state index in [4.69, 9.17) is 9.73 Å². The third-order valence-corrected chi connectivity index (χ3v) is 3.71. The van der Waals surface area contributed by atoms with Crippen molar-refractivity contribution in [1.29, 1.82) is 0 Å². The number of aliphatic imine (C=N–C) groups is 1. The van der Waals surface area contributed by atoms with Crippen molar-refractivity contribution < 1.29 is 9.53 Å². The van der Waals surface area contributed by atoms with Crippen molar-refractivity contribution in [2.45, 2.75) is 53.5 Å². The van der Waals surface area contributed by atoms with Crippen LogP contribution in [0.3, 0.4) is 0 Å². The molecule has 0 aliphatic rings. The lowest BCUT2D eigenvalue weighted by atomic mass is 9.81. The van der Waals surface area contributed by atoms with Gasteiger partial charge in [-0.2, -0.15) is 0 Å². The maximum atomic E-state index is 12.5. The van der Waals surface area contributed by atoms with Crippen LogP contribution in [0.25, 0.3) is 0 Å². The fourth-order valence-electron chi connectivity index (χ4n) is 2.15. The monoisotopic (exact) mass is 298 g/mol. The molecule has 1 atom stereocenters. The van der Waals surface area contributed by atoms with E-state index >= 15 is 0 Å². The average Bonchev–Trinajstić information content (AvgIpc) is 2.34. The molecule has 0 rings (SSSR count). The Balaban J connectivity index is 4.85. The van der Waals surface area contributed by atoms with Crippen LogP contribution in [0.4, 0.5) is 0 Å². The lowest BCUT2D eigenvalue weighted by Crippen LogP contribution is -2.30. The minimum atomic E-state index is -0.351. The van der Waals surface area contributed by atoms with Gasteiger partial charge in [0.05, 0.1) is 6.04 Å². The van der Waals surface area contributed by atoms with Crippen LogP contribution in [0.5, 0.6) is 0 Å². The number of hydrogen-bond acceptors (Lipinski definition) is 4. The van der Waals surface area contributed by atoms with Gasteiger partial charge in [-0.05, 0) is 33.4 Å². The first kappa shape index (κ1) is 20.3. The van der Waals surface area contributed by atoms with E-state index in [1.807, 2.05) is 27.9 Å². The van der Waals surface area contributed by atoms with Gasteiger partial charge in [-0.3, -0.25) is 9.79 Å². The Labute approximate surface area is 131 Å². The molecule has 0 aromatic carbocycles. The Morgan fingerprint density at radius 3 is 2.24 bits per heavy atom. The van der Waals surface area contributed by atoms with Gasteiger partial charge in [-0.25, -0.2) is 0 Å². The zero-order valence-electron chi connectivity index (χ0n) is 15.2. The number of nitrogens with zero attached hydrogens (tertiary/aromatic N) is 2. The van der Waals surface area contributed by atoms with E-state index in [1.54, 1.807) is 7.11 Å². The smallest absolute Gasteiger partial charge is 0.144 e. The summed E-state index contributed by atoms with van der Waals surface area (Å²) in [5.41, 5.74) is 0.663. The molecule has 0 spiro atoms. The summed E-state index contributed by atoms with van der Waals surface area (Å²) in [5, 5.41) is 0. The number of Topliss-reactive ketones (excluding diaryl/α,β-unsaturated/α-hetero) is 1. The van der Waals surface area contributed by atoms with Gasteiger partial charge in [-0.15, -0.1) is 0 Å². The molecule has 0 aromatic heterocycles.